The van der Waals surface area contributed by atoms with Gasteiger partial charge in [0.2, 0.25) is 0 Å². The van der Waals surface area contributed by atoms with Crippen LogP contribution in [0.1, 0.15) is 58.3 Å². The summed E-state index contributed by atoms with van der Waals surface area (Å²) in [4.78, 5) is 33.9. The number of hydrogen-bond acceptors (Lipinski definition) is 5. The first-order valence-corrected chi connectivity index (χ1v) is 7.57. The number of unbranched alkanes of at least 4 members (excludes halogenated alkanes) is 3. The smallest absolute Gasteiger partial charge is 0.306 e. The van der Waals surface area contributed by atoms with Gasteiger partial charge in [-0.3, -0.25) is 14.4 Å². The second-order valence-electron chi connectivity index (χ2n) is 5.19. The molecular weight excluding hydrogens is 272 g/mol. The van der Waals surface area contributed by atoms with Crippen LogP contribution in [0.5, 0.6) is 0 Å². The average molecular weight is 296 g/mol. The molecule has 21 heavy (non-hydrogen) atoms. The van der Waals surface area contributed by atoms with Crippen LogP contribution in [0.2, 0.25) is 0 Å². The minimum Gasteiger partial charge on any atom is -0.469 e. The van der Waals surface area contributed by atoms with Gasteiger partial charge >= 0.3 is 11.9 Å². The highest BCUT2D eigenvalue weighted by Crippen LogP contribution is 2.23. The molecule has 0 heterocycles. The molecule has 1 unspecified atom stereocenters. The van der Waals surface area contributed by atoms with E-state index >= 15 is 0 Å². The first-order valence-electron chi connectivity index (χ1n) is 7.57. The zero-order chi connectivity index (χ0) is 15.7. The fraction of sp³-hybridized carbons (Fsp3) is 0.688. The third-order valence-corrected chi connectivity index (χ3v) is 3.51. The van der Waals surface area contributed by atoms with Crippen LogP contribution in [0.15, 0.2) is 11.6 Å². The summed E-state index contributed by atoms with van der Waals surface area (Å²) >= 11 is 0. The Hall–Kier alpha value is -1.65. The Morgan fingerprint density at radius 3 is 2.57 bits per heavy atom. The number of carbonyl (C=O) groups is 3. The Kier molecular flexibility index (Phi) is 7.72. The lowest BCUT2D eigenvalue weighted by Crippen LogP contribution is -2.14. The van der Waals surface area contributed by atoms with Crippen LogP contribution < -0.4 is 0 Å². The Labute approximate surface area is 125 Å². The van der Waals surface area contributed by atoms with Crippen molar-refractivity contribution in [2.75, 3.05) is 7.11 Å². The molecule has 0 aromatic heterocycles. The fourth-order valence-electron chi connectivity index (χ4n) is 2.28. The zero-order valence-electron chi connectivity index (χ0n) is 12.9. The number of esters is 2. The van der Waals surface area contributed by atoms with Gasteiger partial charge in [-0.05, 0) is 30.9 Å². The first kappa shape index (κ1) is 17.4. The van der Waals surface area contributed by atoms with E-state index in [4.69, 9.17) is 4.74 Å². The van der Waals surface area contributed by atoms with Gasteiger partial charge in [0.1, 0.15) is 6.10 Å². The monoisotopic (exact) mass is 296 g/mol. The van der Waals surface area contributed by atoms with E-state index in [-0.39, 0.29) is 30.2 Å². The van der Waals surface area contributed by atoms with Gasteiger partial charge in [-0.15, -0.1) is 0 Å². The van der Waals surface area contributed by atoms with Crippen molar-refractivity contribution >= 4 is 17.7 Å². The van der Waals surface area contributed by atoms with Crippen molar-refractivity contribution < 1.29 is 23.9 Å². The van der Waals surface area contributed by atoms with Crippen LogP contribution in [-0.4, -0.2) is 30.9 Å². The molecule has 0 radical (unpaired) electrons. The van der Waals surface area contributed by atoms with E-state index in [9.17, 15) is 14.4 Å². The third kappa shape index (κ3) is 6.56. The SMILES string of the molecule is CCC(=O)OC1C=C(CCCCCCC(=O)OC)C(=O)C1. The van der Waals surface area contributed by atoms with Crippen LogP contribution >= 0.6 is 0 Å². The second kappa shape index (κ2) is 9.32. The number of rotatable bonds is 9. The van der Waals surface area contributed by atoms with Gasteiger partial charge in [0.05, 0.1) is 13.5 Å². The topological polar surface area (TPSA) is 69.7 Å². The number of Topliss-reactive ketones (excluding diaryl/α,β-unsaturated/α-hetero) is 1. The molecule has 0 aromatic rings. The largest absolute Gasteiger partial charge is 0.469 e. The molecule has 5 heteroatoms. The van der Waals surface area contributed by atoms with Crippen molar-refractivity contribution in [1.29, 1.82) is 0 Å². The van der Waals surface area contributed by atoms with Crippen LogP contribution in [-0.2, 0) is 23.9 Å². The summed E-state index contributed by atoms with van der Waals surface area (Å²) in [7, 11) is 1.39. The van der Waals surface area contributed by atoms with Crippen molar-refractivity contribution in [3.8, 4) is 0 Å². The van der Waals surface area contributed by atoms with E-state index in [0.29, 0.717) is 12.8 Å². The van der Waals surface area contributed by atoms with Gasteiger partial charge in [-0.1, -0.05) is 19.8 Å². The molecule has 1 rings (SSSR count). The van der Waals surface area contributed by atoms with Crippen LogP contribution in [0.25, 0.3) is 0 Å². The van der Waals surface area contributed by atoms with E-state index in [0.717, 1.165) is 37.7 Å². The quantitative estimate of drug-likeness (QED) is 0.483. The van der Waals surface area contributed by atoms with Crippen LogP contribution in [0.4, 0.5) is 0 Å². The normalized spacial score (nSPS) is 17.5. The molecule has 1 aliphatic carbocycles. The highest BCUT2D eigenvalue weighted by Gasteiger charge is 2.25. The van der Waals surface area contributed by atoms with Gasteiger partial charge < -0.3 is 9.47 Å². The number of ketones is 1. The lowest BCUT2D eigenvalue weighted by Gasteiger charge is -2.06. The van der Waals surface area contributed by atoms with E-state index in [1.807, 2.05) is 0 Å². The number of allylic oxidation sites excluding steroid dienone is 1. The average Bonchev–Trinajstić information content (AvgIpc) is 2.81. The summed E-state index contributed by atoms with van der Waals surface area (Å²) in [5.74, 6) is -0.365. The lowest BCUT2D eigenvalue weighted by atomic mass is 10.0. The van der Waals surface area contributed by atoms with Gasteiger partial charge in [0.25, 0.3) is 0 Å². The molecule has 5 nitrogen and oxygen atoms in total. The molecular formula is C16H24O5. The van der Waals surface area contributed by atoms with E-state index in [2.05, 4.69) is 4.74 Å². The van der Waals surface area contributed by atoms with Crippen molar-refractivity contribution in [3.05, 3.63) is 11.6 Å². The van der Waals surface area contributed by atoms with Crippen molar-refractivity contribution in [2.24, 2.45) is 0 Å². The Morgan fingerprint density at radius 2 is 1.90 bits per heavy atom. The lowest BCUT2D eigenvalue weighted by molar-refractivity contribution is -0.146. The standard InChI is InChI=1S/C16H24O5/c1-3-15(18)21-13-10-12(14(17)11-13)8-6-4-5-7-9-16(19)20-2/h10,13H,3-9,11H2,1-2H3. The molecule has 0 spiro atoms. The van der Waals surface area contributed by atoms with Gasteiger partial charge in [0, 0.05) is 12.8 Å². The summed E-state index contributed by atoms with van der Waals surface area (Å²) in [5.41, 5.74) is 0.775. The number of methoxy groups -OCH3 is 1. The molecule has 1 aliphatic rings. The predicted octanol–water partition coefficient (Wildman–Crippen LogP) is 2.72. The van der Waals surface area contributed by atoms with E-state index in [1.54, 1.807) is 13.0 Å². The van der Waals surface area contributed by atoms with Crippen LogP contribution in [0.3, 0.4) is 0 Å². The first-order chi connectivity index (χ1) is 10.1. The van der Waals surface area contributed by atoms with Crippen molar-refractivity contribution in [2.45, 2.75) is 64.4 Å². The molecule has 0 N–H and O–H groups in total. The number of hydrogen-bond donors (Lipinski definition) is 0. The van der Waals surface area contributed by atoms with Gasteiger partial charge in [-0.2, -0.15) is 0 Å². The Morgan fingerprint density at radius 1 is 1.19 bits per heavy atom. The highest BCUT2D eigenvalue weighted by atomic mass is 16.5. The molecule has 0 aliphatic heterocycles. The summed E-state index contributed by atoms with van der Waals surface area (Å²) in [6, 6.07) is 0. The van der Waals surface area contributed by atoms with Crippen molar-refractivity contribution in [3.63, 3.8) is 0 Å². The van der Waals surface area contributed by atoms with Gasteiger partial charge in [-0.25, -0.2) is 0 Å². The Balaban J connectivity index is 2.19. The minimum atomic E-state index is -0.376. The maximum atomic E-state index is 11.8. The summed E-state index contributed by atoms with van der Waals surface area (Å²) in [5, 5.41) is 0. The third-order valence-electron chi connectivity index (χ3n) is 3.51. The molecule has 0 fully saturated rings. The maximum absolute atomic E-state index is 11.8. The molecule has 0 bridgehead atoms. The summed E-state index contributed by atoms with van der Waals surface area (Å²) in [6.07, 6.45) is 6.83. The minimum absolute atomic E-state index is 0.0819. The number of carbonyl (C=O) groups excluding carboxylic acids is 3. The molecule has 0 aromatic carbocycles. The molecule has 0 saturated carbocycles. The summed E-state index contributed by atoms with van der Waals surface area (Å²) < 4.78 is 9.73. The van der Waals surface area contributed by atoms with E-state index in [1.165, 1.54) is 7.11 Å². The maximum Gasteiger partial charge on any atom is 0.306 e. The molecule has 0 saturated heterocycles. The fourth-order valence-corrected chi connectivity index (χ4v) is 2.28. The number of ether oxygens (including phenoxy) is 2. The van der Waals surface area contributed by atoms with Crippen LogP contribution in [0, 0.1) is 0 Å². The molecule has 0 amide bonds. The predicted molar refractivity (Wildman–Crippen MR) is 77.6 cm³/mol. The van der Waals surface area contributed by atoms with E-state index < -0.39 is 0 Å². The highest BCUT2D eigenvalue weighted by molar-refractivity contribution is 5.98. The summed E-state index contributed by atoms with van der Waals surface area (Å²) in [6.45, 7) is 1.73. The Bertz CT molecular complexity index is 411. The second-order valence-corrected chi connectivity index (χ2v) is 5.19. The van der Waals surface area contributed by atoms with Crippen molar-refractivity contribution in [1.82, 2.24) is 0 Å². The molecule has 1 atom stereocenters. The van der Waals surface area contributed by atoms with Gasteiger partial charge in [0.15, 0.2) is 5.78 Å². The zero-order valence-corrected chi connectivity index (χ0v) is 12.9. The molecule has 118 valence electrons.